The molecule has 8 nitrogen and oxygen atoms in total. The SMILES string of the molecule is Cc1cccc(C)c1OP(=O)(Oc1c(C)cccc1C)Oc1c(C)cccc1C.Cc1cccc(C)c1OP(=O)(Oc1c(C)cccc1C)Oc1c(C)cccc1C. The lowest BCUT2D eigenvalue weighted by atomic mass is 10.1. The Morgan fingerprint density at radius 2 is 0.345 bits per heavy atom. The number of phosphoric acid groups is 2. The van der Waals surface area contributed by atoms with Gasteiger partial charge < -0.3 is 27.1 Å². The average Bonchev–Trinajstić information content (AvgIpc) is 3.15. The number of hydrogen-bond acceptors (Lipinski definition) is 8. The molecule has 0 unspecified atom stereocenters. The van der Waals surface area contributed by atoms with Gasteiger partial charge in [-0.1, -0.05) is 109 Å². The maximum absolute atomic E-state index is 14.0. The molecule has 0 amide bonds. The van der Waals surface area contributed by atoms with Crippen molar-refractivity contribution in [2.75, 3.05) is 0 Å². The molecule has 58 heavy (non-hydrogen) atoms. The van der Waals surface area contributed by atoms with Crippen molar-refractivity contribution in [3.63, 3.8) is 0 Å². The molecule has 0 heterocycles. The minimum Gasteiger partial charge on any atom is -0.385 e. The van der Waals surface area contributed by atoms with Gasteiger partial charge in [-0.2, -0.15) is 9.13 Å². The van der Waals surface area contributed by atoms with Gasteiger partial charge in [-0.05, 0) is 150 Å². The second-order valence-electron chi connectivity index (χ2n) is 14.8. The van der Waals surface area contributed by atoms with Crippen LogP contribution < -0.4 is 27.1 Å². The summed E-state index contributed by atoms with van der Waals surface area (Å²) < 4.78 is 64.0. The van der Waals surface area contributed by atoms with Crippen LogP contribution in [-0.2, 0) is 9.13 Å². The summed E-state index contributed by atoms with van der Waals surface area (Å²) in [5.74, 6) is 3.05. The molecule has 0 spiro atoms. The van der Waals surface area contributed by atoms with Crippen molar-refractivity contribution in [2.45, 2.75) is 83.1 Å². The van der Waals surface area contributed by atoms with Crippen molar-refractivity contribution in [1.82, 2.24) is 0 Å². The summed E-state index contributed by atoms with van der Waals surface area (Å²) in [6, 6.07) is 34.5. The van der Waals surface area contributed by atoms with Crippen LogP contribution in [0.5, 0.6) is 34.5 Å². The average molecular weight is 821 g/mol. The fourth-order valence-electron chi connectivity index (χ4n) is 6.44. The smallest absolute Gasteiger partial charge is 0.385 e. The predicted molar refractivity (Wildman–Crippen MR) is 234 cm³/mol. The molecule has 0 atom stereocenters. The van der Waals surface area contributed by atoms with Crippen LogP contribution >= 0.6 is 15.6 Å². The molecule has 6 aromatic carbocycles. The Morgan fingerprint density at radius 3 is 0.448 bits per heavy atom. The van der Waals surface area contributed by atoms with Crippen LogP contribution in [0.25, 0.3) is 0 Å². The quantitative estimate of drug-likeness (QED) is 0.113. The first kappa shape index (κ1) is 43.7. The normalized spacial score (nSPS) is 11.2. The number of benzene rings is 6. The van der Waals surface area contributed by atoms with E-state index in [9.17, 15) is 9.13 Å². The van der Waals surface area contributed by atoms with E-state index >= 15 is 0 Å². The van der Waals surface area contributed by atoms with Gasteiger partial charge in [-0.15, -0.1) is 0 Å². The van der Waals surface area contributed by atoms with Gasteiger partial charge in [0.05, 0.1) is 0 Å². The second kappa shape index (κ2) is 18.4. The summed E-state index contributed by atoms with van der Waals surface area (Å²) >= 11 is 0. The van der Waals surface area contributed by atoms with Gasteiger partial charge in [0.2, 0.25) is 0 Å². The fourth-order valence-corrected chi connectivity index (χ4v) is 9.73. The van der Waals surface area contributed by atoms with Crippen LogP contribution in [0.3, 0.4) is 0 Å². The zero-order chi connectivity index (χ0) is 42.4. The van der Waals surface area contributed by atoms with Gasteiger partial charge in [0.1, 0.15) is 34.5 Å². The topological polar surface area (TPSA) is 89.5 Å². The zero-order valence-electron chi connectivity index (χ0n) is 35.6. The highest BCUT2D eigenvalue weighted by Crippen LogP contribution is 2.54. The molecular formula is C48H54O8P2. The summed E-state index contributed by atoms with van der Waals surface area (Å²) in [5, 5.41) is 0. The van der Waals surface area contributed by atoms with Crippen LogP contribution in [0.4, 0.5) is 0 Å². The van der Waals surface area contributed by atoms with Gasteiger partial charge in [0.15, 0.2) is 0 Å². The van der Waals surface area contributed by atoms with Gasteiger partial charge in [-0.3, -0.25) is 0 Å². The number of phosphoric ester groups is 2. The number of hydrogen-bond donors (Lipinski definition) is 0. The molecule has 304 valence electrons. The van der Waals surface area contributed by atoms with Gasteiger partial charge in [0, 0.05) is 0 Å². The highest BCUT2D eigenvalue weighted by molar-refractivity contribution is 7.50. The summed E-state index contributed by atoms with van der Waals surface area (Å²) in [6.45, 7) is 22.9. The molecule has 0 aromatic heterocycles. The number of aryl methyl sites for hydroxylation is 12. The van der Waals surface area contributed by atoms with E-state index in [0.29, 0.717) is 34.5 Å². The molecule has 0 bridgehead atoms. The van der Waals surface area contributed by atoms with Crippen molar-refractivity contribution in [1.29, 1.82) is 0 Å². The third-order valence-corrected chi connectivity index (χ3v) is 12.1. The Balaban J connectivity index is 0.000000221. The molecule has 0 radical (unpaired) electrons. The highest BCUT2D eigenvalue weighted by atomic mass is 31.2. The van der Waals surface area contributed by atoms with Gasteiger partial charge in [-0.25, -0.2) is 0 Å². The van der Waals surface area contributed by atoms with Crippen molar-refractivity contribution in [3.8, 4) is 34.5 Å². The van der Waals surface area contributed by atoms with Crippen LogP contribution in [0.1, 0.15) is 66.8 Å². The zero-order valence-corrected chi connectivity index (χ0v) is 37.3. The minimum atomic E-state index is -4.05. The molecule has 0 saturated heterocycles. The first-order valence-electron chi connectivity index (χ1n) is 19.1. The Bertz CT molecular complexity index is 1960. The van der Waals surface area contributed by atoms with E-state index < -0.39 is 15.6 Å². The van der Waals surface area contributed by atoms with E-state index in [1.165, 1.54) is 0 Å². The summed E-state index contributed by atoms with van der Waals surface area (Å²) in [4.78, 5) is 0. The van der Waals surface area contributed by atoms with E-state index in [4.69, 9.17) is 27.1 Å². The maximum atomic E-state index is 14.0. The first-order chi connectivity index (χ1) is 27.4. The third-order valence-electron chi connectivity index (χ3n) is 9.67. The molecular weight excluding hydrogens is 766 g/mol. The minimum absolute atomic E-state index is 0.508. The number of rotatable bonds is 12. The van der Waals surface area contributed by atoms with E-state index in [0.717, 1.165) is 66.8 Å². The monoisotopic (exact) mass is 820 g/mol. The summed E-state index contributed by atoms with van der Waals surface area (Å²) in [6.07, 6.45) is 0. The Kier molecular flexibility index (Phi) is 13.9. The third kappa shape index (κ3) is 10.5. The lowest BCUT2D eigenvalue weighted by Crippen LogP contribution is -2.11. The van der Waals surface area contributed by atoms with E-state index in [-0.39, 0.29) is 0 Å². The fraction of sp³-hybridized carbons (Fsp3) is 0.250. The largest absolute Gasteiger partial charge is 0.647 e. The predicted octanol–water partition coefficient (Wildman–Crippen LogP) is 14.4. The van der Waals surface area contributed by atoms with Crippen LogP contribution in [0.15, 0.2) is 109 Å². The lowest BCUT2D eigenvalue weighted by molar-refractivity contribution is 0.293. The molecule has 6 rings (SSSR count). The maximum Gasteiger partial charge on any atom is 0.647 e. The Labute approximate surface area is 344 Å². The van der Waals surface area contributed by atoms with Crippen LogP contribution in [-0.4, -0.2) is 0 Å². The van der Waals surface area contributed by atoms with E-state index in [2.05, 4.69) is 0 Å². The molecule has 0 aliphatic rings. The van der Waals surface area contributed by atoms with Crippen molar-refractivity contribution in [3.05, 3.63) is 176 Å². The molecule has 6 aromatic rings. The molecule has 0 N–H and O–H groups in total. The number of para-hydroxylation sites is 6. The second-order valence-corrected chi connectivity index (χ2v) is 17.7. The molecule has 10 heteroatoms. The van der Waals surface area contributed by atoms with Crippen LogP contribution in [0.2, 0.25) is 0 Å². The van der Waals surface area contributed by atoms with E-state index in [1.54, 1.807) is 0 Å². The van der Waals surface area contributed by atoms with E-state index in [1.807, 2.05) is 192 Å². The molecule has 0 aliphatic carbocycles. The Hall–Kier alpha value is -5.42. The van der Waals surface area contributed by atoms with Crippen molar-refractivity contribution >= 4 is 15.6 Å². The highest BCUT2D eigenvalue weighted by Gasteiger charge is 2.37. The van der Waals surface area contributed by atoms with Crippen LogP contribution in [0, 0.1) is 83.1 Å². The van der Waals surface area contributed by atoms with Crippen molar-refractivity contribution < 1.29 is 36.3 Å². The van der Waals surface area contributed by atoms with Gasteiger partial charge >= 0.3 is 15.6 Å². The van der Waals surface area contributed by atoms with Gasteiger partial charge in [0.25, 0.3) is 0 Å². The van der Waals surface area contributed by atoms with Crippen molar-refractivity contribution in [2.24, 2.45) is 0 Å². The molecule has 0 saturated carbocycles. The summed E-state index contributed by atoms with van der Waals surface area (Å²) in [7, 11) is -8.09. The lowest BCUT2D eigenvalue weighted by Gasteiger charge is -2.24. The Morgan fingerprint density at radius 1 is 0.241 bits per heavy atom. The standard InChI is InChI=1S/2C24H27O4P/c2*1-16-10-7-11-17(2)22(16)26-29(25,27-23-18(3)12-8-13-19(23)4)28-24-20(5)14-9-15-21(24)6/h2*7-15H,1-6H3. The first-order valence-corrected chi connectivity index (χ1v) is 22.1. The molecule has 0 aliphatic heterocycles. The summed E-state index contributed by atoms with van der Waals surface area (Å²) in [5.41, 5.74) is 10.3. The molecule has 0 fully saturated rings.